The standard InChI is InChI=1S/C27H23N5O5/c1-15-23(26(35)32(30-15)18-9-5-8-17(13-18)27(36)37)29-28-21-11-6-7-16(24(21)33)14-20-19-10-3-4-12-22(19)31(2)25(20)34/h3-13,20,30,33H,14H2,1-2H3,(H,36,37). The number of nitrogens with one attached hydrogen (secondary N) is 1. The Morgan fingerprint density at radius 1 is 1.03 bits per heavy atom. The highest BCUT2D eigenvalue weighted by molar-refractivity contribution is 6.04. The van der Waals surface area contributed by atoms with Gasteiger partial charge in [0.2, 0.25) is 5.91 Å². The zero-order chi connectivity index (χ0) is 26.3. The summed E-state index contributed by atoms with van der Waals surface area (Å²) in [6.45, 7) is 1.64. The number of amides is 1. The Bertz CT molecular complexity index is 1630. The van der Waals surface area contributed by atoms with E-state index in [1.807, 2.05) is 24.3 Å². The van der Waals surface area contributed by atoms with Crippen molar-refractivity contribution < 1.29 is 19.8 Å². The summed E-state index contributed by atoms with van der Waals surface area (Å²) in [5, 5.41) is 31.2. The maximum Gasteiger partial charge on any atom is 0.335 e. The van der Waals surface area contributed by atoms with Crippen LogP contribution in [-0.4, -0.2) is 38.9 Å². The van der Waals surface area contributed by atoms with Crippen LogP contribution in [0.25, 0.3) is 5.69 Å². The van der Waals surface area contributed by atoms with Gasteiger partial charge in [-0.2, -0.15) is 0 Å². The summed E-state index contributed by atoms with van der Waals surface area (Å²) in [7, 11) is 1.73. The summed E-state index contributed by atoms with van der Waals surface area (Å²) in [6.07, 6.45) is 0.283. The quantitative estimate of drug-likeness (QED) is 0.334. The van der Waals surface area contributed by atoms with Crippen molar-refractivity contribution in [3.8, 4) is 11.4 Å². The number of carbonyl (C=O) groups excluding carboxylic acids is 1. The lowest BCUT2D eigenvalue weighted by molar-refractivity contribution is -0.119. The molecule has 2 heterocycles. The number of carbonyl (C=O) groups is 2. The number of nitrogens with zero attached hydrogens (tertiary/aromatic N) is 4. The number of phenolic OH excluding ortho intramolecular Hbond substituents is 1. The van der Waals surface area contributed by atoms with Gasteiger partial charge in [0.25, 0.3) is 5.56 Å². The molecule has 10 heteroatoms. The molecule has 0 fully saturated rings. The monoisotopic (exact) mass is 497 g/mol. The summed E-state index contributed by atoms with van der Waals surface area (Å²) >= 11 is 0. The minimum Gasteiger partial charge on any atom is -0.505 e. The first-order valence-corrected chi connectivity index (χ1v) is 11.5. The fraction of sp³-hybridized carbons (Fsp3) is 0.148. The minimum atomic E-state index is -1.11. The smallest absolute Gasteiger partial charge is 0.335 e. The SMILES string of the molecule is Cc1[nH]n(-c2cccc(C(=O)O)c2)c(=O)c1N=Nc1cccc(CC2C(=O)N(C)c3ccccc32)c1O. The number of para-hydroxylation sites is 2. The molecule has 0 radical (unpaired) electrons. The van der Waals surface area contributed by atoms with Gasteiger partial charge in [-0.15, -0.1) is 10.2 Å². The van der Waals surface area contributed by atoms with Gasteiger partial charge >= 0.3 is 5.97 Å². The van der Waals surface area contributed by atoms with Crippen molar-refractivity contribution in [3.63, 3.8) is 0 Å². The summed E-state index contributed by atoms with van der Waals surface area (Å²) in [4.78, 5) is 38.7. The van der Waals surface area contributed by atoms with E-state index in [0.29, 0.717) is 16.9 Å². The van der Waals surface area contributed by atoms with E-state index in [0.717, 1.165) is 11.3 Å². The number of H-pyrrole nitrogens is 1. The first-order valence-electron chi connectivity index (χ1n) is 11.5. The lowest BCUT2D eigenvalue weighted by atomic mass is 9.92. The van der Waals surface area contributed by atoms with Gasteiger partial charge in [0.05, 0.1) is 22.9 Å². The van der Waals surface area contributed by atoms with Crippen molar-refractivity contribution in [1.82, 2.24) is 9.78 Å². The molecule has 10 nitrogen and oxygen atoms in total. The second-order valence-electron chi connectivity index (χ2n) is 8.78. The van der Waals surface area contributed by atoms with Crippen LogP contribution in [0.3, 0.4) is 0 Å². The number of carboxylic acids is 1. The van der Waals surface area contributed by atoms with Crippen LogP contribution in [0.15, 0.2) is 81.8 Å². The molecule has 1 atom stereocenters. The number of fused-ring (bicyclic) bond motifs is 1. The summed E-state index contributed by atoms with van der Waals surface area (Å²) < 4.78 is 1.19. The third-order valence-electron chi connectivity index (χ3n) is 6.47. The van der Waals surface area contributed by atoms with E-state index in [2.05, 4.69) is 15.3 Å². The number of phenols is 1. The second kappa shape index (κ2) is 9.23. The van der Waals surface area contributed by atoms with Crippen LogP contribution in [-0.2, 0) is 11.2 Å². The predicted molar refractivity (Wildman–Crippen MR) is 137 cm³/mol. The molecule has 4 aromatic rings. The van der Waals surface area contributed by atoms with Crippen LogP contribution < -0.4 is 10.5 Å². The van der Waals surface area contributed by atoms with Crippen molar-refractivity contribution in [2.24, 2.45) is 10.2 Å². The van der Waals surface area contributed by atoms with Crippen molar-refractivity contribution in [2.75, 3.05) is 11.9 Å². The molecule has 5 rings (SSSR count). The molecule has 0 aliphatic carbocycles. The Morgan fingerprint density at radius 3 is 2.57 bits per heavy atom. The summed E-state index contributed by atoms with van der Waals surface area (Å²) in [6, 6.07) is 18.5. The Kier molecular flexibility index (Phi) is 5.92. The van der Waals surface area contributed by atoms with E-state index in [1.54, 1.807) is 43.1 Å². The van der Waals surface area contributed by atoms with Crippen LogP contribution in [0.4, 0.5) is 17.1 Å². The van der Waals surface area contributed by atoms with Crippen LogP contribution in [0.1, 0.15) is 33.1 Å². The molecule has 1 aromatic heterocycles. The number of aromatic carboxylic acids is 1. The van der Waals surface area contributed by atoms with E-state index < -0.39 is 17.4 Å². The maximum atomic E-state index is 13.0. The van der Waals surface area contributed by atoms with E-state index in [4.69, 9.17) is 0 Å². The second-order valence-corrected chi connectivity index (χ2v) is 8.78. The van der Waals surface area contributed by atoms with E-state index >= 15 is 0 Å². The zero-order valence-electron chi connectivity index (χ0n) is 20.0. The van der Waals surface area contributed by atoms with E-state index in [-0.39, 0.29) is 35.0 Å². The van der Waals surface area contributed by atoms with Crippen molar-refractivity contribution in [3.05, 3.63) is 99.5 Å². The van der Waals surface area contributed by atoms with Crippen LogP contribution in [0, 0.1) is 6.92 Å². The van der Waals surface area contributed by atoms with E-state index in [9.17, 15) is 24.6 Å². The lowest BCUT2D eigenvalue weighted by Crippen LogP contribution is -2.24. The largest absolute Gasteiger partial charge is 0.505 e. The Balaban J connectivity index is 1.44. The van der Waals surface area contributed by atoms with Crippen LogP contribution in [0.5, 0.6) is 5.75 Å². The number of rotatable bonds is 6. The minimum absolute atomic E-state index is 0.0204. The fourth-order valence-corrected chi connectivity index (χ4v) is 4.53. The number of benzene rings is 3. The fourth-order valence-electron chi connectivity index (χ4n) is 4.53. The van der Waals surface area contributed by atoms with Crippen molar-refractivity contribution in [1.29, 1.82) is 0 Å². The first-order chi connectivity index (χ1) is 17.8. The molecule has 3 N–H and O–H groups in total. The highest BCUT2D eigenvalue weighted by Gasteiger charge is 2.35. The molecule has 0 saturated heterocycles. The highest BCUT2D eigenvalue weighted by atomic mass is 16.4. The van der Waals surface area contributed by atoms with Crippen molar-refractivity contribution >= 4 is 28.9 Å². The van der Waals surface area contributed by atoms with Gasteiger partial charge in [-0.25, -0.2) is 9.48 Å². The first kappa shape index (κ1) is 23.7. The molecule has 3 aromatic carbocycles. The molecule has 1 unspecified atom stereocenters. The van der Waals surface area contributed by atoms with Gasteiger partial charge in [-0.1, -0.05) is 36.4 Å². The van der Waals surface area contributed by atoms with Gasteiger partial charge in [-0.3, -0.25) is 14.7 Å². The molecule has 0 spiro atoms. The molecule has 0 saturated carbocycles. The molecule has 1 aliphatic rings. The third-order valence-corrected chi connectivity index (χ3v) is 6.47. The number of aromatic hydroxyl groups is 1. The van der Waals surface area contributed by atoms with Gasteiger partial charge in [-0.05, 0) is 54.8 Å². The highest BCUT2D eigenvalue weighted by Crippen LogP contribution is 2.41. The number of carboxylic acid groups (broad SMARTS) is 1. The van der Waals surface area contributed by atoms with Gasteiger partial charge < -0.3 is 15.1 Å². The Hall–Kier alpha value is -4.99. The molecular weight excluding hydrogens is 474 g/mol. The number of hydrogen-bond acceptors (Lipinski definition) is 6. The van der Waals surface area contributed by atoms with Gasteiger partial charge in [0, 0.05) is 12.7 Å². The topological polar surface area (TPSA) is 140 Å². The number of aromatic nitrogens is 2. The summed E-state index contributed by atoms with van der Waals surface area (Å²) in [5.74, 6) is -1.71. The average molecular weight is 498 g/mol. The molecule has 186 valence electrons. The molecule has 0 bridgehead atoms. The number of anilines is 1. The van der Waals surface area contributed by atoms with Gasteiger partial charge in [0.1, 0.15) is 11.4 Å². The number of aromatic amines is 1. The Morgan fingerprint density at radius 2 is 1.78 bits per heavy atom. The van der Waals surface area contributed by atoms with Crippen LogP contribution in [0.2, 0.25) is 0 Å². The predicted octanol–water partition coefficient (Wildman–Crippen LogP) is 4.60. The number of aryl methyl sites for hydroxylation is 1. The average Bonchev–Trinajstić information content (AvgIpc) is 3.32. The number of likely N-dealkylation sites (N-methyl/N-ethyl adjacent to an activating group) is 1. The normalized spacial score (nSPS) is 14.9. The molecule has 1 aliphatic heterocycles. The molecular formula is C27H23N5O5. The van der Waals surface area contributed by atoms with Crippen LogP contribution >= 0.6 is 0 Å². The lowest BCUT2D eigenvalue weighted by Gasteiger charge is -2.12. The summed E-state index contributed by atoms with van der Waals surface area (Å²) in [5.41, 5.74) is 2.74. The van der Waals surface area contributed by atoms with E-state index in [1.165, 1.54) is 22.9 Å². The Labute approximate surface area is 211 Å². The van der Waals surface area contributed by atoms with Crippen molar-refractivity contribution in [2.45, 2.75) is 19.3 Å². The number of azo groups is 1. The van der Waals surface area contributed by atoms with Gasteiger partial charge in [0.15, 0.2) is 5.69 Å². The maximum absolute atomic E-state index is 13.0. The zero-order valence-corrected chi connectivity index (χ0v) is 20.0. The molecule has 1 amide bonds. The number of hydrogen-bond donors (Lipinski definition) is 3. The molecule has 37 heavy (non-hydrogen) atoms. The third kappa shape index (κ3) is 4.18.